The van der Waals surface area contributed by atoms with Crippen LogP contribution in [0.25, 0.3) is 20.2 Å². The number of ether oxygens (including phenoxy) is 2. The second kappa shape index (κ2) is 5.13. The Hall–Kier alpha value is -2.07. The summed E-state index contributed by atoms with van der Waals surface area (Å²) in [7, 11) is 1.58. The lowest BCUT2D eigenvalue weighted by molar-refractivity contribution is 0.341. The van der Waals surface area contributed by atoms with Gasteiger partial charge in [0.2, 0.25) is 0 Å². The monoisotopic (exact) mass is 286 g/mol. The summed E-state index contributed by atoms with van der Waals surface area (Å²) in [6, 6.07) is 11.2. The summed E-state index contributed by atoms with van der Waals surface area (Å²) < 4.78 is 12.7. The van der Waals surface area contributed by atoms with Crippen molar-refractivity contribution in [2.45, 2.75) is 6.92 Å². The quantitative estimate of drug-likeness (QED) is 0.687. The summed E-state index contributed by atoms with van der Waals surface area (Å²) in [6.45, 7) is 2.56. The molecule has 20 heavy (non-hydrogen) atoms. The van der Waals surface area contributed by atoms with Gasteiger partial charge in [-0.15, -0.1) is 11.3 Å². The number of rotatable bonds is 3. The van der Waals surface area contributed by atoms with Crippen LogP contribution >= 0.6 is 11.3 Å². The zero-order valence-corrected chi connectivity index (χ0v) is 12.1. The van der Waals surface area contributed by atoms with Gasteiger partial charge in [0.25, 0.3) is 0 Å². The van der Waals surface area contributed by atoms with Crippen LogP contribution in [0.5, 0.6) is 11.5 Å². The fourth-order valence-electron chi connectivity index (χ4n) is 2.27. The van der Waals surface area contributed by atoms with Gasteiger partial charge in [-0.1, -0.05) is 6.07 Å². The Kier molecular flexibility index (Phi) is 3.32. The van der Waals surface area contributed by atoms with Crippen molar-refractivity contribution in [2.24, 2.45) is 0 Å². The van der Waals surface area contributed by atoms with Crippen molar-refractivity contribution in [3.8, 4) is 11.5 Å². The van der Waals surface area contributed by atoms with Crippen LogP contribution in [0.15, 0.2) is 41.2 Å². The highest BCUT2D eigenvalue weighted by Crippen LogP contribution is 2.31. The highest BCUT2D eigenvalue weighted by atomic mass is 32.1. The molecule has 0 aliphatic heterocycles. The zero-order chi connectivity index (χ0) is 14.1. The van der Waals surface area contributed by atoms with Crippen LogP contribution in [0.3, 0.4) is 0 Å². The van der Waals surface area contributed by atoms with Crippen LogP contribution in [-0.4, -0.2) is 13.7 Å². The van der Waals surface area contributed by atoms with E-state index in [4.69, 9.17) is 9.47 Å². The molecule has 0 saturated heterocycles. The van der Waals surface area contributed by atoms with Crippen molar-refractivity contribution in [1.82, 2.24) is 0 Å². The van der Waals surface area contributed by atoms with Gasteiger partial charge in [-0.3, -0.25) is 4.79 Å². The van der Waals surface area contributed by atoms with E-state index in [2.05, 4.69) is 0 Å². The first-order valence-electron chi connectivity index (χ1n) is 6.41. The third kappa shape index (κ3) is 2.02. The Labute approximate surface area is 120 Å². The third-order valence-corrected chi connectivity index (χ3v) is 4.28. The molecule has 102 valence electrons. The molecule has 3 aromatic rings. The van der Waals surface area contributed by atoms with Gasteiger partial charge in [0.05, 0.1) is 19.1 Å². The van der Waals surface area contributed by atoms with E-state index in [-0.39, 0.29) is 5.43 Å². The molecule has 0 saturated carbocycles. The fraction of sp³-hybridized carbons (Fsp3) is 0.188. The SMILES string of the molecule is CCOc1ccc2c(=O)c3c(OC)cccc3sc2c1. The number of methoxy groups -OCH3 is 1. The van der Waals surface area contributed by atoms with Gasteiger partial charge < -0.3 is 9.47 Å². The molecule has 0 amide bonds. The molecule has 0 N–H and O–H groups in total. The van der Waals surface area contributed by atoms with Crippen LogP contribution in [0, 0.1) is 0 Å². The van der Waals surface area contributed by atoms with E-state index in [1.807, 2.05) is 43.3 Å². The average Bonchev–Trinajstić information content (AvgIpc) is 2.47. The maximum atomic E-state index is 12.6. The summed E-state index contributed by atoms with van der Waals surface area (Å²) in [4.78, 5) is 12.6. The molecule has 0 bridgehead atoms. The second-order valence-corrected chi connectivity index (χ2v) is 5.44. The molecular weight excluding hydrogens is 272 g/mol. The fourth-order valence-corrected chi connectivity index (χ4v) is 3.40. The lowest BCUT2D eigenvalue weighted by atomic mass is 10.1. The molecule has 0 radical (unpaired) electrons. The van der Waals surface area contributed by atoms with Crippen molar-refractivity contribution >= 4 is 31.5 Å². The minimum absolute atomic E-state index is 0.00856. The van der Waals surface area contributed by atoms with E-state index in [1.165, 1.54) is 0 Å². The van der Waals surface area contributed by atoms with Gasteiger partial charge in [0, 0.05) is 14.8 Å². The Morgan fingerprint density at radius 2 is 2.00 bits per heavy atom. The number of fused-ring (bicyclic) bond motifs is 2. The maximum Gasteiger partial charge on any atom is 0.199 e. The van der Waals surface area contributed by atoms with E-state index >= 15 is 0 Å². The van der Waals surface area contributed by atoms with E-state index in [1.54, 1.807) is 18.4 Å². The summed E-state index contributed by atoms with van der Waals surface area (Å²) >= 11 is 1.57. The predicted octanol–water partition coefficient (Wildman–Crippen LogP) is 3.82. The molecule has 2 aromatic carbocycles. The van der Waals surface area contributed by atoms with Crippen molar-refractivity contribution in [3.63, 3.8) is 0 Å². The molecular formula is C16H14O3S. The lowest BCUT2D eigenvalue weighted by Crippen LogP contribution is -2.03. The van der Waals surface area contributed by atoms with Crippen molar-refractivity contribution in [2.75, 3.05) is 13.7 Å². The van der Waals surface area contributed by atoms with Gasteiger partial charge >= 0.3 is 0 Å². The molecule has 0 aliphatic carbocycles. The Bertz CT molecular complexity index is 836. The van der Waals surface area contributed by atoms with Gasteiger partial charge in [0.1, 0.15) is 11.5 Å². The van der Waals surface area contributed by atoms with Crippen molar-refractivity contribution < 1.29 is 9.47 Å². The normalized spacial score (nSPS) is 10.9. The molecule has 3 rings (SSSR count). The Balaban J connectivity index is 2.38. The summed E-state index contributed by atoms with van der Waals surface area (Å²) in [5.41, 5.74) is 0.00856. The van der Waals surface area contributed by atoms with Gasteiger partial charge in [-0.25, -0.2) is 0 Å². The first-order chi connectivity index (χ1) is 9.74. The first kappa shape index (κ1) is 12.9. The molecule has 0 atom stereocenters. The lowest BCUT2D eigenvalue weighted by Gasteiger charge is -2.07. The molecule has 1 aromatic heterocycles. The number of hydrogen-bond donors (Lipinski definition) is 0. The van der Waals surface area contributed by atoms with Crippen LogP contribution in [-0.2, 0) is 0 Å². The summed E-state index contributed by atoms with van der Waals surface area (Å²) in [5.74, 6) is 1.41. The Morgan fingerprint density at radius 3 is 2.75 bits per heavy atom. The molecule has 0 fully saturated rings. The van der Waals surface area contributed by atoms with E-state index in [9.17, 15) is 4.79 Å². The standard InChI is InChI=1S/C16H14O3S/c1-3-19-10-7-8-11-14(9-10)20-13-6-4-5-12(18-2)15(13)16(11)17/h4-9H,3H2,1-2H3. The molecule has 0 aliphatic rings. The van der Waals surface area contributed by atoms with Gasteiger partial charge in [-0.2, -0.15) is 0 Å². The number of benzene rings is 2. The van der Waals surface area contributed by atoms with E-state index in [0.717, 1.165) is 15.1 Å². The van der Waals surface area contributed by atoms with E-state index < -0.39 is 0 Å². The molecule has 4 heteroatoms. The van der Waals surface area contributed by atoms with Crippen molar-refractivity contribution in [1.29, 1.82) is 0 Å². The van der Waals surface area contributed by atoms with E-state index in [0.29, 0.717) is 23.1 Å². The number of hydrogen-bond acceptors (Lipinski definition) is 4. The average molecular weight is 286 g/mol. The maximum absolute atomic E-state index is 12.6. The topological polar surface area (TPSA) is 35.5 Å². The highest BCUT2D eigenvalue weighted by molar-refractivity contribution is 7.24. The Morgan fingerprint density at radius 1 is 1.15 bits per heavy atom. The van der Waals surface area contributed by atoms with Crippen molar-refractivity contribution in [3.05, 3.63) is 46.6 Å². The van der Waals surface area contributed by atoms with Crippen LogP contribution in [0.1, 0.15) is 6.92 Å². The van der Waals surface area contributed by atoms with Crippen LogP contribution in [0.4, 0.5) is 0 Å². The summed E-state index contributed by atoms with van der Waals surface area (Å²) in [6.07, 6.45) is 0. The largest absolute Gasteiger partial charge is 0.496 e. The van der Waals surface area contributed by atoms with Gasteiger partial charge in [0.15, 0.2) is 5.43 Å². The second-order valence-electron chi connectivity index (χ2n) is 4.36. The minimum Gasteiger partial charge on any atom is -0.496 e. The van der Waals surface area contributed by atoms with Crippen LogP contribution in [0.2, 0.25) is 0 Å². The van der Waals surface area contributed by atoms with Gasteiger partial charge in [-0.05, 0) is 37.3 Å². The van der Waals surface area contributed by atoms with Crippen LogP contribution < -0.4 is 14.9 Å². The third-order valence-electron chi connectivity index (χ3n) is 3.16. The molecule has 0 spiro atoms. The molecule has 0 unspecified atom stereocenters. The molecule has 1 heterocycles. The molecule has 3 nitrogen and oxygen atoms in total. The smallest absolute Gasteiger partial charge is 0.199 e. The first-order valence-corrected chi connectivity index (χ1v) is 7.22. The minimum atomic E-state index is 0.00856. The zero-order valence-electron chi connectivity index (χ0n) is 11.3. The highest BCUT2D eigenvalue weighted by Gasteiger charge is 2.10. The summed E-state index contributed by atoms with van der Waals surface area (Å²) in [5, 5.41) is 1.35. The predicted molar refractivity (Wildman–Crippen MR) is 83.3 cm³/mol.